The molecule has 2 aromatic heterocycles. The van der Waals surface area contributed by atoms with Crippen LogP contribution < -0.4 is 0 Å². The van der Waals surface area contributed by atoms with Crippen LogP contribution in [0.4, 0.5) is 4.39 Å². The quantitative estimate of drug-likeness (QED) is 0.667. The summed E-state index contributed by atoms with van der Waals surface area (Å²) in [5.41, 5.74) is 0.414. The van der Waals surface area contributed by atoms with Crippen molar-refractivity contribution in [2.45, 2.75) is 23.7 Å². The average molecular weight is 404 g/mol. The summed E-state index contributed by atoms with van der Waals surface area (Å²) in [6, 6.07) is 9.59. The molecule has 0 bridgehead atoms. The first-order chi connectivity index (χ1) is 13.1. The molecule has 9 heteroatoms. The zero-order valence-electron chi connectivity index (χ0n) is 14.3. The summed E-state index contributed by atoms with van der Waals surface area (Å²) >= 11 is 1.32. The van der Waals surface area contributed by atoms with Crippen LogP contribution in [0.2, 0.25) is 0 Å². The van der Waals surface area contributed by atoms with Crippen LogP contribution in [0.5, 0.6) is 0 Å². The van der Waals surface area contributed by atoms with Crippen LogP contribution in [0, 0.1) is 5.82 Å². The molecular formula is C18H17FN4O2S2. The SMILES string of the molecule is O=S(=O)(c1cccnc1)N1CCCC(c2nnc(-c3ccccc3F)s2)C1. The van der Waals surface area contributed by atoms with Gasteiger partial charge >= 0.3 is 0 Å². The monoisotopic (exact) mass is 404 g/mol. The molecule has 3 aromatic rings. The molecule has 1 aliphatic heterocycles. The Hall–Kier alpha value is -2.23. The third-order valence-electron chi connectivity index (χ3n) is 4.55. The van der Waals surface area contributed by atoms with E-state index in [0.29, 0.717) is 23.7 Å². The minimum Gasteiger partial charge on any atom is -0.263 e. The molecular weight excluding hydrogens is 387 g/mol. The van der Waals surface area contributed by atoms with Crippen molar-refractivity contribution in [3.63, 3.8) is 0 Å². The van der Waals surface area contributed by atoms with Gasteiger partial charge in [-0.1, -0.05) is 23.5 Å². The van der Waals surface area contributed by atoms with E-state index in [4.69, 9.17) is 0 Å². The third kappa shape index (κ3) is 3.62. The van der Waals surface area contributed by atoms with Crippen molar-refractivity contribution in [2.24, 2.45) is 0 Å². The Bertz CT molecular complexity index is 1040. The maximum absolute atomic E-state index is 14.0. The van der Waals surface area contributed by atoms with Gasteiger partial charge in [-0.2, -0.15) is 4.31 Å². The highest BCUT2D eigenvalue weighted by Crippen LogP contribution is 2.34. The highest BCUT2D eigenvalue weighted by Gasteiger charge is 2.32. The van der Waals surface area contributed by atoms with E-state index in [9.17, 15) is 12.8 Å². The van der Waals surface area contributed by atoms with E-state index in [-0.39, 0.29) is 16.6 Å². The number of hydrogen-bond acceptors (Lipinski definition) is 6. The van der Waals surface area contributed by atoms with Gasteiger partial charge in [-0.25, -0.2) is 12.8 Å². The van der Waals surface area contributed by atoms with Crippen LogP contribution in [-0.4, -0.2) is 41.0 Å². The maximum atomic E-state index is 14.0. The summed E-state index contributed by atoms with van der Waals surface area (Å²) in [6.07, 6.45) is 4.47. The Labute approximate surface area is 160 Å². The molecule has 1 saturated heterocycles. The number of halogens is 1. The topological polar surface area (TPSA) is 76.1 Å². The van der Waals surface area contributed by atoms with E-state index in [1.165, 1.54) is 27.9 Å². The van der Waals surface area contributed by atoms with Gasteiger partial charge in [0.2, 0.25) is 10.0 Å². The number of aromatic nitrogens is 3. The molecule has 4 rings (SSSR count). The normalized spacial score (nSPS) is 18.5. The first kappa shape index (κ1) is 18.1. The first-order valence-corrected chi connectivity index (χ1v) is 10.8. The molecule has 1 atom stereocenters. The molecule has 140 valence electrons. The van der Waals surface area contributed by atoms with Gasteiger partial charge in [0.1, 0.15) is 15.7 Å². The fourth-order valence-corrected chi connectivity index (χ4v) is 5.64. The Kier molecular flexibility index (Phi) is 4.98. The molecule has 0 spiro atoms. The van der Waals surface area contributed by atoms with E-state index >= 15 is 0 Å². The fraction of sp³-hybridized carbons (Fsp3) is 0.278. The number of benzene rings is 1. The van der Waals surface area contributed by atoms with Gasteiger partial charge in [0, 0.05) is 37.0 Å². The van der Waals surface area contributed by atoms with E-state index in [2.05, 4.69) is 15.2 Å². The maximum Gasteiger partial charge on any atom is 0.244 e. The molecule has 1 aliphatic rings. The lowest BCUT2D eigenvalue weighted by atomic mass is 10.0. The van der Waals surface area contributed by atoms with Crippen molar-refractivity contribution < 1.29 is 12.8 Å². The third-order valence-corrected chi connectivity index (χ3v) is 7.52. The van der Waals surface area contributed by atoms with E-state index in [0.717, 1.165) is 17.8 Å². The van der Waals surface area contributed by atoms with Gasteiger partial charge in [-0.05, 0) is 37.1 Å². The lowest BCUT2D eigenvalue weighted by Gasteiger charge is -2.30. The molecule has 0 N–H and O–H groups in total. The number of hydrogen-bond donors (Lipinski definition) is 0. The molecule has 6 nitrogen and oxygen atoms in total. The van der Waals surface area contributed by atoms with Crippen molar-refractivity contribution in [3.8, 4) is 10.6 Å². The van der Waals surface area contributed by atoms with Gasteiger partial charge in [0.05, 0.1) is 0 Å². The Balaban J connectivity index is 1.57. The van der Waals surface area contributed by atoms with E-state index in [1.807, 2.05) is 0 Å². The van der Waals surface area contributed by atoms with Crippen molar-refractivity contribution in [1.82, 2.24) is 19.5 Å². The van der Waals surface area contributed by atoms with Gasteiger partial charge < -0.3 is 0 Å². The van der Waals surface area contributed by atoms with Crippen LogP contribution >= 0.6 is 11.3 Å². The van der Waals surface area contributed by atoms with Gasteiger partial charge in [-0.3, -0.25) is 4.98 Å². The van der Waals surface area contributed by atoms with Crippen molar-refractivity contribution >= 4 is 21.4 Å². The summed E-state index contributed by atoms with van der Waals surface area (Å²) in [5, 5.41) is 9.58. The Morgan fingerprint density at radius 3 is 2.78 bits per heavy atom. The molecule has 0 radical (unpaired) electrons. The van der Waals surface area contributed by atoms with Crippen LogP contribution in [-0.2, 0) is 10.0 Å². The first-order valence-electron chi connectivity index (χ1n) is 8.54. The second kappa shape index (κ2) is 7.41. The Morgan fingerprint density at radius 1 is 1.15 bits per heavy atom. The minimum absolute atomic E-state index is 0.0526. The molecule has 0 amide bonds. The van der Waals surface area contributed by atoms with Crippen LogP contribution in [0.1, 0.15) is 23.8 Å². The summed E-state index contributed by atoms with van der Waals surface area (Å²) in [6.45, 7) is 0.801. The largest absolute Gasteiger partial charge is 0.263 e. The molecule has 1 aromatic carbocycles. The zero-order valence-corrected chi connectivity index (χ0v) is 16.0. The summed E-state index contributed by atoms with van der Waals surface area (Å²) < 4.78 is 41.1. The van der Waals surface area contributed by atoms with Crippen molar-refractivity contribution in [1.29, 1.82) is 0 Å². The average Bonchev–Trinajstić information content (AvgIpc) is 3.19. The lowest BCUT2D eigenvalue weighted by Crippen LogP contribution is -2.39. The van der Waals surface area contributed by atoms with Crippen molar-refractivity contribution in [2.75, 3.05) is 13.1 Å². The molecule has 0 aliphatic carbocycles. The van der Waals surface area contributed by atoms with Crippen LogP contribution in [0.15, 0.2) is 53.7 Å². The van der Waals surface area contributed by atoms with E-state index < -0.39 is 10.0 Å². The van der Waals surface area contributed by atoms with Gasteiger partial charge in [0.25, 0.3) is 0 Å². The predicted octanol–water partition coefficient (Wildman–Crippen LogP) is 3.31. The standard InChI is InChI=1S/C18H17FN4O2S2/c19-16-8-2-1-7-15(16)18-22-21-17(26-18)13-5-4-10-23(12-13)27(24,25)14-6-3-9-20-11-14/h1-3,6-9,11,13H,4-5,10,12H2. The highest BCUT2D eigenvalue weighted by atomic mass is 32.2. The summed E-state index contributed by atoms with van der Waals surface area (Å²) in [5.74, 6) is -0.396. The number of rotatable bonds is 4. The summed E-state index contributed by atoms with van der Waals surface area (Å²) in [4.78, 5) is 4.10. The second-order valence-corrected chi connectivity index (χ2v) is 9.26. The molecule has 1 fully saturated rings. The lowest BCUT2D eigenvalue weighted by molar-refractivity contribution is 0.314. The fourth-order valence-electron chi connectivity index (χ4n) is 3.15. The van der Waals surface area contributed by atoms with Crippen LogP contribution in [0.3, 0.4) is 0 Å². The molecule has 0 saturated carbocycles. The smallest absolute Gasteiger partial charge is 0.244 e. The number of piperidine rings is 1. The number of sulfonamides is 1. The molecule has 3 heterocycles. The minimum atomic E-state index is -3.59. The zero-order chi connectivity index (χ0) is 18.9. The van der Waals surface area contributed by atoms with Crippen molar-refractivity contribution in [3.05, 3.63) is 59.6 Å². The predicted molar refractivity (Wildman–Crippen MR) is 100 cm³/mol. The second-order valence-electron chi connectivity index (χ2n) is 6.32. The van der Waals surface area contributed by atoms with Gasteiger partial charge in [-0.15, -0.1) is 10.2 Å². The van der Waals surface area contributed by atoms with E-state index in [1.54, 1.807) is 36.5 Å². The van der Waals surface area contributed by atoms with Gasteiger partial charge in [0.15, 0.2) is 5.01 Å². The molecule has 27 heavy (non-hydrogen) atoms. The highest BCUT2D eigenvalue weighted by molar-refractivity contribution is 7.89. The number of nitrogens with zero attached hydrogens (tertiary/aromatic N) is 4. The van der Waals surface area contributed by atoms with Crippen LogP contribution in [0.25, 0.3) is 10.6 Å². The summed E-state index contributed by atoms with van der Waals surface area (Å²) in [7, 11) is -3.59. The molecule has 1 unspecified atom stereocenters. The Morgan fingerprint density at radius 2 is 2.00 bits per heavy atom. The number of pyridine rings is 1.